The molecule has 1 N–H and O–H groups in total. The minimum atomic E-state index is -0.115. The molecule has 0 radical (unpaired) electrons. The minimum absolute atomic E-state index is 0.115. The average molecular weight is 181 g/mol. The highest BCUT2D eigenvalue weighted by Gasteiger charge is 1.88. The van der Waals surface area contributed by atoms with Crippen molar-refractivity contribution in [1.82, 2.24) is 5.32 Å². The first kappa shape index (κ1) is 11.6. The molecule has 0 spiro atoms. The molecule has 0 aliphatic carbocycles. The van der Waals surface area contributed by atoms with Crippen LogP contribution in [0.25, 0.3) is 0 Å². The van der Waals surface area contributed by atoms with Gasteiger partial charge in [-0.05, 0) is 6.08 Å². The van der Waals surface area contributed by atoms with Crippen molar-refractivity contribution in [3.05, 3.63) is 36.6 Å². The number of methoxy groups -OCH3 is 1. The van der Waals surface area contributed by atoms with Gasteiger partial charge in [0, 0.05) is 19.7 Å². The monoisotopic (exact) mass is 181 g/mol. The number of rotatable bonds is 5. The van der Waals surface area contributed by atoms with Crippen LogP contribution in [0.3, 0.4) is 0 Å². The largest absolute Gasteiger partial charge is 0.381 e. The van der Waals surface area contributed by atoms with Crippen LogP contribution >= 0.6 is 0 Å². The number of amides is 1. The lowest BCUT2D eigenvalue weighted by Crippen LogP contribution is -2.16. The second kappa shape index (κ2) is 7.31. The summed E-state index contributed by atoms with van der Waals surface area (Å²) in [5.41, 5.74) is 0.578. The highest BCUT2D eigenvalue weighted by atomic mass is 16.5. The molecule has 1 amide bonds. The quantitative estimate of drug-likeness (QED) is 0.651. The number of carbonyl (C=O) groups excluding carboxylic acids is 1. The van der Waals surface area contributed by atoms with Crippen LogP contribution in [0.15, 0.2) is 36.6 Å². The Hall–Kier alpha value is -1.35. The maximum absolute atomic E-state index is 10.5. The summed E-state index contributed by atoms with van der Waals surface area (Å²) in [6.07, 6.45) is 7.19. The molecule has 0 atom stereocenters. The van der Waals surface area contributed by atoms with Gasteiger partial charge in [0.05, 0.1) is 6.61 Å². The van der Waals surface area contributed by atoms with Crippen molar-refractivity contribution in [3.63, 3.8) is 0 Å². The molecule has 0 bridgehead atoms. The van der Waals surface area contributed by atoms with Gasteiger partial charge in [0.1, 0.15) is 0 Å². The summed E-state index contributed by atoms with van der Waals surface area (Å²) < 4.78 is 4.80. The van der Waals surface area contributed by atoms with Gasteiger partial charge in [0.2, 0.25) is 5.91 Å². The molecular weight excluding hydrogens is 166 g/mol. The van der Waals surface area contributed by atoms with E-state index in [0.717, 1.165) is 0 Å². The van der Waals surface area contributed by atoms with Crippen molar-refractivity contribution in [1.29, 1.82) is 0 Å². The lowest BCUT2D eigenvalue weighted by atomic mass is 10.4. The number of nitrogens with one attached hydrogen (secondary N) is 1. The molecule has 0 saturated heterocycles. The fraction of sp³-hybridized carbons (Fsp3) is 0.300. The van der Waals surface area contributed by atoms with Gasteiger partial charge >= 0.3 is 0 Å². The first-order valence-corrected chi connectivity index (χ1v) is 3.95. The molecule has 13 heavy (non-hydrogen) atoms. The van der Waals surface area contributed by atoms with Gasteiger partial charge in [-0.2, -0.15) is 0 Å². The topological polar surface area (TPSA) is 38.3 Å². The Kier molecular flexibility index (Phi) is 6.55. The number of carbonyl (C=O) groups is 1. The molecule has 0 aliphatic rings. The van der Waals surface area contributed by atoms with E-state index in [-0.39, 0.29) is 5.91 Å². The minimum Gasteiger partial charge on any atom is -0.381 e. The average Bonchev–Trinajstić information content (AvgIpc) is 2.02. The fourth-order valence-corrected chi connectivity index (χ4v) is 0.670. The molecule has 0 heterocycles. The summed E-state index contributed by atoms with van der Waals surface area (Å²) in [7, 11) is 1.63. The van der Waals surface area contributed by atoms with Crippen molar-refractivity contribution < 1.29 is 9.53 Å². The zero-order valence-corrected chi connectivity index (χ0v) is 8.04. The first-order chi connectivity index (χ1) is 6.16. The van der Waals surface area contributed by atoms with Crippen LogP contribution in [0.4, 0.5) is 0 Å². The zero-order valence-electron chi connectivity index (χ0n) is 8.04. The SMILES string of the molecule is C=C(/C=C\C=C/COC)NC(C)=O. The van der Waals surface area contributed by atoms with Crippen molar-refractivity contribution in [2.24, 2.45) is 0 Å². The van der Waals surface area contributed by atoms with E-state index in [1.807, 2.05) is 12.2 Å². The van der Waals surface area contributed by atoms with Gasteiger partial charge < -0.3 is 10.1 Å². The summed E-state index contributed by atoms with van der Waals surface area (Å²) >= 11 is 0. The molecule has 0 aromatic rings. The number of ether oxygens (including phenoxy) is 1. The zero-order chi connectivity index (χ0) is 10.1. The third kappa shape index (κ3) is 8.56. The Morgan fingerprint density at radius 2 is 2.23 bits per heavy atom. The highest BCUT2D eigenvalue weighted by molar-refractivity contribution is 5.75. The van der Waals surface area contributed by atoms with Crippen LogP contribution in [-0.4, -0.2) is 19.6 Å². The predicted molar refractivity (Wildman–Crippen MR) is 53.1 cm³/mol. The van der Waals surface area contributed by atoms with Gasteiger partial charge in [0.25, 0.3) is 0 Å². The maximum atomic E-state index is 10.5. The number of allylic oxidation sites excluding steroid dienone is 3. The molecule has 0 aromatic heterocycles. The van der Waals surface area contributed by atoms with Crippen molar-refractivity contribution >= 4 is 5.91 Å². The van der Waals surface area contributed by atoms with Gasteiger partial charge in [-0.1, -0.05) is 24.8 Å². The summed E-state index contributed by atoms with van der Waals surface area (Å²) in [6.45, 7) is 5.65. The van der Waals surface area contributed by atoms with Gasteiger partial charge in [-0.3, -0.25) is 4.79 Å². The van der Waals surface area contributed by atoms with Crippen LogP contribution in [0.5, 0.6) is 0 Å². The van der Waals surface area contributed by atoms with Gasteiger partial charge in [-0.15, -0.1) is 0 Å². The number of hydrogen-bond acceptors (Lipinski definition) is 2. The van der Waals surface area contributed by atoms with E-state index in [4.69, 9.17) is 4.74 Å². The van der Waals surface area contributed by atoms with Crippen molar-refractivity contribution in [2.45, 2.75) is 6.92 Å². The Morgan fingerprint density at radius 1 is 1.54 bits per heavy atom. The predicted octanol–water partition coefficient (Wildman–Crippen LogP) is 1.39. The number of hydrogen-bond donors (Lipinski definition) is 1. The van der Waals surface area contributed by atoms with Gasteiger partial charge in [0.15, 0.2) is 0 Å². The van der Waals surface area contributed by atoms with Gasteiger partial charge in [-0.25, -0.2) is 0 Å². The molecule has 0 fully saturated rings. The smallest absolute Gasteiger partial charge is 0.221 e. The third-order valence-corrected chi connectivity index (χ3v) is 1.14. The second-order valence-corrected chi connectivity index (χ2v) is 2.45. The standard InChI is InChI=1S/C10H15NO2/c1-9(11-10(2)12)7-5-4-6-8-13-3/h4-7H,1,8H2,2-3H3,(H,11,12)/b6-4-,7-5-. The Bertz CT molecular complexity index is 229. The molecule has 0 aliphatic heterocycles. The summed E-state index contributed by atoms with van der Waals surface area (Å²) in [5, 5.41) is 2.55. The van der Waals surface area contributed by atoms with Crippen LogP contribution in [0.2, 0.25) is 0 Å². The lowest BCUT2D eigenvalue weighted by Gasteiger charge is -1.97. The Labute approximate surface area is 78.8 Å². The van der Waals surface area contributed by atoms with E-state index in [0.29, 0.717) is 12.3 Å². The van der Waals surface area contributed by atoms with Crippen LogP contribution in [0, 0.1) is 0 Å². The van der Waals surface area contributed by atoms with E-state index in [1.165, 1.54) is 6.92 Å². The molecule has 0 saturated carbocycles. The lowest BCUT2D eigenvalue weighted by molar-refractivity contribution is -0.118. The van der Waals surface area contributed by atoms with E-state index in [1.54, 1.807) is 19.3 Å². The molecule has 3 nitrogen and oxygen atoms in total. The maximum Gasteiger partial charge on any atom is 0.221 e. The summed E-state index contributed by atoms with van der Waals surface area (Å²) in [6, 6.07) is 0. The van der Waals surface area contributed by atoms with Crippen molar-refractivity contribution in [3.8, 4) is 0 Å². The van der Waals surface area contributed by atoms with E-state index >= 15 is 0 Å². The van der Waals surface area contributed by atoms with E-state index in [9.17, 15) is 4.79 Å². The van der Waals surface area contributed by atoms with Crippen LogP contribution < -0.4 is 5.32 Å². The van der Waals surface area contributed by atoms with Crippen LogP contribution in [0.1, 0.15) is 6.92 Å². The molecular formula is C10H15NO2. The normalized spacial score (nSPS) is 10.9. The second-order valence-electron chi connectivity index (χ2n) is 2.45. The van der Waals surface area contributed by atoms with E-state index in [2.05, 4.69) is 11.9 Å². The Morgan fingerprint density at radius 3 is 2.77 bits per heavy atom. The van der Waals surface area contributed by atoms with Crippen LogP contribution in [-0.2, 0) is 9.53 Å². The van der Waals surface area contributed by atoms with Crippen molar-refractivity contribution in [2.75, 3.05) is 13.7 Å². The first-order valence-electron chi connectivity index (χ1n) is 3.95. The molecule has 72 valence electrons. The molecule has 0 unspecified atom stereocenters. The molecule has 0 rings (SSSR count). The Balaban J connectivity index is 3.71. The molecule has 3 heteroatoms. The summed E-state index contributed by atoms with van der Waals surface area (Å²) in [5.74, 6) is -0.115. The summed E-state index contributed by atoms with van der Waals surface area (Å²) in [4.78, 5) is 10.5. The fourth-order valence-electron chi connectivity index (χ4n) is 0.670. The highest BCUT2D eigenvalue weighted by Crippen LogP contribution is 1.87. The third-order valence-electron chi connectivity index (χ3n) is 1.14. The van der Waals surface area contributed by atoms with E-state index < -0.39 is 0 Å². The molecule has 0 aromatic carbocycles.